The van der Waals surface area contributed by atoms with Gasteiger partial charge in [0.2, 0.25) is 0 Å². The van der Waals surface area contributed by atoms with Gasteiger partial charge < -0.3 is 4.74 Å². The van der Waals surface area contributed by atoms with E-state index in [4.69, 9.17) is 4.74 Å². The van der Waals surface area contributed by atoms with Crippen molar-refractivity contribution in [1.82, 2.24) is 10.9 Å². The smallest absolute Gasteiger partial charge is 0.276 e. The van der Waals surface area contributed by atoms with E-state index >= 15 is 0 Å². The molecule has 0 radical (unpaired) electrons. The molecule has 0 atom stereocenters. The van der Waals surface area contributed by atoms with E-state index in [0.717, 1.165) is 16.7 Å². The fourth-order valence-corrected chi connectivity index (χ4v) is 4.40. The molecule has 3 aromatic rings. The van der Waals surface area contributed by atoms with Crippen molar-refractivity contribution in [3.8, 4) is 5.75 Å². The molecule has 0 spiro atoms. The Kier molecular flexibility index (Phi) is 7.57. The number of amides is 2. The molecule has 3 rings (SSSR count). The Hall–Kier alpha value is -3.85. The number of carbonyl (C=O) groups excluding carboxylic acids is 2. The van der Waals surface area contributed by atoms with Gasteiger partial charge in [0.15, 0.2) is 6.61 Å². The molecule has 0 unspecified atom stereocenters. The second-order valence-corrected chi connectivity index (χ2v) is 9.86. The summed E-state index contributed by atoms with van der Waals surface area (Å²) in [6.07, 6.45) is 0. The highest BCUT2D eigenvalue weighted by Gasteiger charge is 2.21. The molecule has 0 heterocycles. The van der Waals surface area contributed by atoms with Crippen LogP contribution in [-0.2, 0) is 14.8 Å². The molecule has 0 aromatic heterocycles. The molecule has 0 fully saturated rings. The SMILES string of the molecule is Cc1ccc(S(=O)(=O)N(C)c2ccc(OCC(=O)NNC(=O)c3ccc(C)cc3C)cc2)cc1. The summed E-state index contributed by atoms with van der Waals surface area (Å²) in [5, 5.41) is 0. The molecule has 34 heavy (non-hydrogen) atoms. The van der Waals surface area contributed by atoms with Gasteiger partial charge in [-0.3, -0.25) is 24.7 Å². The highest BCUT2D eigenvalue weighted by molar-refractivity contribution is 7.92. The number of hydrogen-bond acceptors (Lipinski definition) is 5. The lowest BCUT2D eigenvalue weighted by molar-refractivity contribution is -0.123. The molecule has 0 aliphatic heterocycles. The molecule has 178 valence electrons. The highest BCUT2D eigenvalue weighted by Crippen LogP contribution is 2.24. The number of sulfonamides is 1. The largest absolute Gasteiger partial charge is 0.484 e. The van der Waals surface area contributed by atoms with Crippen molar-refractivity contribution >= 4 is 27.5 Å². The molecule has 0 bridgehead atoms. The Morgan fingerprint density at radius 3 is 2.09 bits per heavy atom. The summed E-state index contributed by atoms with van der Waals surface area (Å²) in [4.78, 5) is 24.5. The number of benzene rings is 3. The van der Waals surface area contributed by atoms with E-state index in [1.807, 2.05) is 32.9 Å². The minimum Gasteiger partial charge on any atom is -0.484 e. The molecule has 3 aromatic carbocycles. The van der Waals surface area contributed by atoms with Crippen molar-refractivity contribution in [2.45, 2.75) is 25.7 Å². The number of aryl methyl sites for hydroxylation is 3. The predicted molar refractivity (Wildman–Crippen MR) is 130 cm³/mol. The zero-order chi connectivity index (χ0) is 24.9. The fourth-order valence-electron chi connectivity index (χ4n) is 3.21. The Morgan fingerprint density at radius 2 is 1.47 bits per heavy atom. The second-order valence-electron chi connectivity index (χ2n) is 7.89. The summed E-state index contributed by atoms with van der Waals surface area (Å²) in [5.41, 5.74) is 8.40. The lowest BCUT2D eigenvalue weighted by Gasteiger charge is -2.20. The van der Waals surface area contributed by atoms with Crippen LogP contribution >= 0.6 is 0 Å². The van der Waals surface area contributed by atoms with E-state index in [1.165, 1.54) is 11.4 Å². The minimum atomic E-state index is -3.70. The van der Waals surface area contributed by atoms with Crippen molar-refractivity contribution in [1.29, 1.82) is 0 Å². The van der Waals surface area contributed by atoms with E-state index in [-0.39, 0.29) is 11.5 Å². The maximum atomic E-state index is 12.8. The monoisotopic (exact) mass is 481 g/mol. The lowest BCUT2D eigenvalue weighted by Crippen LogP contribution is -2.44. The molecular weight excluding hydrogens is 454 g/mol. The molecule has 0 aliphatic rings. The van der Waals surface area contributed by atoms with E-state index in [2.05, 4.69) is 10.9 Å². The molecule has 2 N–H and O–H groups in total. The number of nitrogens with zero attached hydrogens (tertiary/aromatic N) is 1. The fraction of sp³-hybridized carbons (Fsp3) is 0.200. The van der Waals surface area contributed by atoms with Gasteiger partial charge in [0.1, 0.15) is 5.75 Å². The molecule has 0 saturated carbocycles. The summed E-state index contributed by atoms with van der Waals surface area (Å²) in [6.45, 7) is 5.31. The van der Waals surface area contributed by atoms with Gasteiger partial charge in [0.25, 0.3) is 21.8 Å². The normalized spacial score (nSPS) is 10.9. The zero-order valence-electron chi connectivity index (χ0n) is 19.5. The third-order valence-corrected chi connectivity index (χ3v) is 6.99. The van der Waals surface area contributed by atoms with Crippen molar-refractivity contribution in [3.63, 3.8) is 0 Å². The van der Waals surface area contributed by atoms with Crippen LogP contribution in [0.1, 0.15) is 27.0 Å². The average Bonchev–Trinajstić information content (AvgIpc) is 2.81. The van der Waals surface area contributed by atoms with Crippen LogP contribution in [0.5, 0.6) is 5.75 Å². The van der Waals surface area contributed by atoms with Crippen LogP contribution in [0.2, 0.25) is 0 Å². The van der Waals surface area contributed by atoms with Gasteiger partial charge in [-0.05, 0) is 68.8 Å². The number of ether oxygens (including phenoxy) is 1. The van der Waals surface area contributed by atoms with Crippen LogP contribution < -0.4 is 19.9 Å². The molecule has 2 amide bonds. The van der Waals surface area contributed by atoms with E-state index < -0.39 is 21.8 Å². The Balaban J connectivity index is 1.53. The van der Waals surface area contributed by atoms with Crippen molar-refractivity contribution in [2.24, 2.45) is 0 Å². The Morgan fingerprint density at radius 1 is 0.853 bits per heavy atom. The van der Waals surface area contributed by atoms with Crippen LogP contribution in [0, 0.1) is 20.8 Å². The van der Waals surface area contributed by atoms with E-state index in [9.17, 15) is 18.0 Å². The summed E-state index contributed by atoms with van der Waals surface area (Å²) < 4.78 is 32.2. The van der Waals surface area contributed by atoms with Crippen LogP contribution in [0.4, 0.5) is 5.69 Å². The van der Waals surface area contributed by atoms with E-state index in [0.29, 0.717) is 17.0 Å². The quantitative estimate of drug-likeness (QED) is 0.504. The van der Waals surface area contributed by atoms with Gasteiger partial charge in [-0.1, -0.05) is 35.4 Å². The number of hydrazine groups is 1. The number of nitrogens with one attached hydrogen (secondary N) is 2. The van der Waals surface area contributed by atoms with Gasteiger partial charge in [-0.15, -0.1) is 0 Å². The number of hydrogen-bond donors (Lipinski definition) is 2. The number of anilines is 1. The topological polar surface area (TPSA) is 105 Å². The molecule has 8 nitrogen and oxygen atoms in total. The molecular formula is C25H27N3O5S. The van der Waals surface area contributed by atoms with Crippen molar-refractivity contribution < 1.29 is 22.7 Å². The van der Waals surface area contributed by atoms with Crippen LogP contribution in [0.15, 0.2) is 71.6 Å². The average molecular weight is 482 g/mol. The van der Waals surface area contributed by atoms with E-state index in [1.54, 1.807) is 54.6 Å². The van der Waals surface area contributed by atoms with Gasteiger partial charge in [0, 0.05) is 12.6 Å². The highest BCUT2D eigenvalue weighted by atomic mass is 32.2. The maximum Gasteiger partial charge on any atom is 0.276 e. The van der Waals surface area contributed by atoms with Crippen LogP contribution in [0.25, 0.3) is 0 Å². The summed E-state index contributed by atoms with van der Waals surface area (Å²) in [6, 6.07) is 18.3. The van der Waals surface area contributed by atoms with Gasteiger partial charge in [-0.2, -0.15) is 0 Å². The zero-order valence-corrected chi connectivity index (χ0v) is 20.3. The lowest BCUT2D eigenvalue weighted by atomic mass is 10.1. The van der Waals surface area contributed by atoms with Gasteiger partial charge in [-0.25, -0.2) is 8.42 Å². The summed E-state index contributed by atoms with van der Waals surface area (Å²) in [5.74, 6) is -0.588. The third kappa shape index (κ3) is 5.93. The summed E-state index contributed by atoms with van der Waals surface area (Å²) in [7, 11) is -2.23. The van der Waals surface area contributed by atoms with Crippen molar-refractivity contribution in [2.75, 3.05) is 18.0 Å². The standard InChI is InChI=1S/C25H27N3O5S/c1-17-5-12-22(13-6-17)34(31,32)28(4)20-8-10-21(11-9-20)33-16-24(29)26-27-25(30)23-14-7-18(2)15-19(23)3/h5-15H,16H2,1-4H3,(H,26,29)(H,27,30). The maximum absolute atomic E-state index is 12.8. The number of carbonyl (C=O) groups is 2. The Labute approximate surface area is 199 Å². The predicted octanol–water partition coefficient (Wildman–Crippen LogP) is 3.28. The van der Waals surface area contributed by atoms with Crippen LogP contribution in [-0.4, -0.2) is 33.9 Å². The summed E-state index contributed by atoms with van der Waals surface area (Å²) >= 11 is 0. The number of rotatable bonds is 7. The third-order valence-electron chi connectivity index (χ3n) is 5.19. The first kappa shape index (κ1) is 24.8. The van der Waals surface area contributed by atoms with Gasteiger partial charge >= 0.3 is 0 Å². The van der Waals surface area contributed by atoms with Crippen LogP contribution in [0.3, 0.4) is 0 Å². The first-order valence-electron chi connectivity index (χ1n) is 10.5. The molecule has 0 aliphatic carbocycles. The molecule has 9 heteroatoms. The minimum absolute atomic E-state index is 0.195. The molecule has 0 saturated heterocycles. The first-order valence-corrected chi connectivity index (χ1v) is 12.0. The van der Waals surface area contributed by atoms with Gasteiger partial charge in [0.05, 0.1) is 10.6 Å². The first-order chi connectivity index (χ1) is 16.1. The Bertz CT molecular complexity index is 1290. The van der Waals surface area contributed by atoms with Crippen molar-refractivity contribution in [3.05, 3.63) is 89.0 Å². The second kappa shape index (κ2) is 10.4.